The number of hydrogen-bond acceptors (Lipinski definition) is 0. The Morgan fingerprint density at radius 1 is 0.500 bits per heavy atom. The zero-order valence-corrected chi connectivity index (χ0v) is 16.5. The molecular formula is C18H24I2. The Morgan fingerprint density at radius 2 is 0.800 bits per heavy atom. The van der Waals surface area contributed by atoms with Crippen LogP contribution in [0.2, 0.25) is 0 Å². The SMILES string of the molecule is IC12CC3CC(C1)CC1(C3)C3(I)CC4CC(C3)CC21C4. The van der Waals surface area contributed by atoms with E-state index in [-0.39, 0.29) is 0 Å². The first-order chi connectivity index (χ1) is 9.48. The summed E-state index contributed by atoms with van der Waals surface area (Å²) in [5, 5.41) is 0. The van der Waals surface area contributed by atoms with Crippen molar-refractivity contribution in [3.63, 3.8) is 0 Å². The maximum atomic E-state index is 3.03. The third-order valence-electron chi connectivity index (χ3n) is 8.96. The molecule has 8 bridgehead atoms. The number of halogens is 2. The molecule has 8 rings (SSSR count). The van der Waals surface area contributed by atoms with Gasteiger partial charge in [0.25, 0.3) is 0 Å². The fourth-order valence-electron chi connectivity index (χ4n) is 9.19. The Kier molecular flexibility index (Phi) is 2.21. The molecule has 0 nitrogen and oxygen atoms in total. The fourth-order valence-corrected chi connectivity index (χ4v) is 13.6. The van der Waals surface area contributed by atoms with Crippen LogP contribution in [0.15, 0.2) is 0 Å². The van der Waals surface area contributed by atoms with Crippen LogP contribution in [0.3, 0.4) is 0 Å². The minimum atomic E-state index is 0.711. The molecule has 4 atom stereocenters. The molecule has 0 amide bonds. The number of rotatable bonds is 0. The molecule has 0 aromatic heterocycles. The Bertz CT molecular complexity index is 436. The molecule has 8 fully saturated rings. The van der Waals surface area contributed by atoms with Crippen LogP contribution in [0.25, 0.3) is 0 Å². The Hall–Kier alpha value is 1.46. The summed E-state index contributed by atoms with van der Waals surface area (Å²) in [5.41, 5.74) is 1.55. The summed E-state index contributed by atoms with van der Waals surface area (Å²) in [6.07, 6.45) is 16.1. The number of hydrogen-bond donors (Lipinski definition) is 0. The zero-order chi connectivity index (χ0) is 13.4. The molecule has 2 heteroatoms. The van der Waals surface area contributed by atoms with Gasteiger partial charge < -0.3 is 0 Å². The standard InChI is InChI=1S/C18H24I2/c19-17-7-11-1-12(8-17)4-15(3-11)16(17)5-13-2-14(6-16)10-18(15,20)9-13/h11-14H,1-10H2. The summed E-state index contributed by atoms with van der Waals surface area (Å²) < 4.78 is 1.42. The third kappa shape index (κ3) is 1.13. The molecule has 4 unspecified atom stereocenters. The molecule has 0 N–H and O–H groups in total. The van der Waals surface area contributed by atoms with E-state index in [1.807, 2.05) is 0 Å². The summed E-state index contributed by atoms with van der Waals surface area (Å²) in [5.74, 6) is 4.42. The summed E-state index contributed by atoms with van der Waals surface area (Å²) >= 11 is 6.05. The smallest absolute Gasteiger partial charge is 0.0289 e. The topological polar surface area (TPSA) is 0 Å². The molecule has 0 saturated heterocycles. The highest BCUT2D eigenvalue weighted by Gasteiger charge is 2.80. The number of alkyl halides is 2. The van der Waals surface area contributed by atoms with E-state index in [9.17, 15) is 0 Å². The second kappa shape index (κ2) is 3.44. The Labute approximate surface area is 149 Å². The van der Waals surface area contributed by atoms with Gasteiger partial charge in [0, 0.05) is 6.84 Å². The molecular weight excluding hydrogens is 470 g/mol. The van der Waals surface area contributed by atoms with Crippen molar-refractivity contribution in [3.8, 4) is 0 Å². The largest absolute Gasteiger partial charge is 0.0782 e. The van der Waals surface area contributed by atoms with E-state index in [1.54, 1.807) is 64.2 Å². The van der Waals surface area contributed by atoms with Gasteiger partial charge in [0.05, 0.1) is 0 Å². The molecule has 20 heavy (non-hydrogen) atoms. The molecule has 0 radical (unpaired) electrons. The average Bonchev–Trinajstić information content (AvgIpc) is 2.31. The maximum Gasteiger partial charge on any atom is 0.0289 e. The van der Waals surface area contributed by atoms with Crippen LogP contribution in [0.4, 0.5) is 0 Å². The molecule has 8 aliphatic carbocycles. The van der Waals surface area contributed by atoms with Crippen LogP contribution in [0, 0.1) is 34.5 Å². The van der Waals surface area contributed by atoms with Gasteiger partial charge in [-0.25, -0.2) is 0 Å². The Balaban J connectivity index is 1.64. The lowest BCUT2D eigenvalue weighted by Gasteiger charge is -2.82. The van der Waals surface area contributed by atoms with Crippen molar-refractivity contribution in [2.45, 2.75) is 71.1 Å². The minimum absolute atomic E-state index is 0.711. The summed E-state index contributed by atoms with van der Waals surface area (Å²) in [4.78, 5) is 0. The summed E-state index contributed by atoms with van der Waals surface area (Å²) in [6, 6.07) is 0. The summed E-state index contributed by atoms with van der Waals surface area (Å²) in [6.45, 7) is 0. The predicted octanol–water partition coefficient (Wildman–Crippen LogP) is 5.75. The van der Waals surface area contributed by atoms with Crippen molar-refractivity contribution in [3.05, 3.63) is 0 Å². The monoisotopic (exact) mass is 494 g/mol. The second-order valence-corrected chi connectivity index (χ2v) is 13.8. The van der Waals surface area contributed by atoms with Crippen molar-refractivity contribution >= 4 is 45.2 Å². The predicted molar refractivity (Wildman–Crippen MR) is 98.5 cm³/mol. The molecule has 8 aliphatic rings. The average molecular weight is 494 g/mol. The van der Waals surface area contributed by atoms with Crippen LogP contribution in [-0.4, -0.2) is 6.84 Å². The molecule has 110 valence electrons. The van der Waals surface area contributed by atoms with Crippen molar-refractivity contribution in [2.24, 2.45) is 34.5 Å². The van der Waals surface area contributed by atoms with E-state index in [0.717, 1.165) is 34.5 Å². The van der Waals surface area contributed by atoms with Crippen LogP contribution in [0.1, 0.15) is 64.2 Å². The third-order valence-corrected chi connectivity index (χ3v) is 12.8. The lowest BCUT2D eigenvalue weighted by atomic mass is 9.27. The van der Waals surface area contributed by atoms with Crippen molar-refractivity contribution in [1.82, 2.24) is 0 Å². The van der Waals surface area contributed by atoms with Crippen LogP contribution in [-0.2, 0) is 0 Å². The van der Waals surface area contributed by atoms with Gasteiger partial charge in [-0.15, -0.1) is 0 Å². The first kappa shape index (κ1) is 12.8. The molecule has 0 heterocycles. The Morgan fingerprint density at radius 3 is 1.10 bits per heavy atom. The van der Waals surface area contributed by atoms with Crippen LogP contribution < -0.4 is 0 Å². The lowest BCUT2D eigenvalue weighted by molar-refractivity contribution is -0.251. The van der Waals surface area contributed by atoms with Crippen molar-refractivity contribution < 1.29 is 0 Å². The minimum Gasteiger partial charge on any atom is -0.0782 e. The van der Waals surface area contributed by atoms with Gasteiger partial charge in [-0.3, -0.25) is 0 Å². The maximum absolute atomic E-state index is 3.03. The van der Waals surface area contributed by atoms with Gasteiger partial charge in [-0.2, -0.15) is 0 Å². The van der Waals surface area contributed by atoms with E-state index < -0.39 is 0 Å². The van der Waals surface area contributed by atoms with Crippen LogP contribution in [0.5, 0.6) is 0 Å². The molecule has 0 aliphatic heterocycles. The van der Waals surface area contributed by atoms with Gasteiger partial charge in [-0.05, 0) is 98.7 Å². The molecule has 2 spiro atoms. The quantitative estimate of drug-likeness (QED) is 0.297. The molecule has 0 aromatic carbocycles. The van der Waals surface area contributed by atoms with Gasteiger partial charge in [-0.1, -0.05) is 45.2 Å². The first-order valence-electron chi connectivity index (χ1n) is 8.86. The van der Waals surface area contributed by atoms with Gasteiger partial charge in [0.2, 0.25) is 0 Å². The lowest BCUT2D eigenvalue weighted by Crippen LogP contribution is -2.78. The van der Waals surface area contributed by atoms with Gasteiger partial charge in [0.1, 0.15) is 0 Å². The highest BCUT2D eigenvalue weighted by atomic mass is 127. The van der Waals surface area contributed by atoms with E-state index >= 15 is 0 Å². The van der Waals surface area contributed by atoms with Crippen LogP contribution >= 0.6 is 45.2 Å². The van der Waals surface area contributed by atoms with Crippen molar-refractivity contribution in [1.29, 1.82) is 0 Å². The van der Waals surface area contributed by atoms with E-state index in [1.165, 1.54) is 0 Å². The second-order valence-electron chi connectivity index (χ2n) is 9.66. The molecule has 8 saturated carbocycles. The van der Waals surface area contributed by atoms with E-state index in [4.69, 9.17) is 0 Å². The highest BCUT2D eigenvalue weighted by molar-refractivity contribution is 14.1. The normalized spacial score (nSPS) is 72.3. The highest BCUT2D eigenvalue weighted by Crippen LogP contribution is 2.86. The van der Waals surface area contributed by atoms with Gasteiger partial charge >= 0.3 is 0 Å². The molecule has 0 aromatic rings. The first-order valence-corrected chi connectivity index (χ1v) is 11.0. The summed E-state index contributed by atoms with van der Waals surface area (Å²) in [7, 11) is 0. The van der Waals surface area contributed by atoms with E-state index in [0.29, 0.717) is 6.84 Å². The fraction of sp³-hybridized carbons (Fsp3) is 1.00. The zero-order valence-electron chi connectivity index (χ0n) is 12.1. The van der Waals surface area contributed by atoms with Gasteiger partial charge in [0.15, 0.2) is 0 Å². The van der Waals surface area contributed by atoms with E-state index in [2.05, 4.69) is 45.2 Å². The van der Waals surface area contributed by atoms with Crippen molar-refractivity contribution in [2.75, 3.05) is 0 Å².